The quantitative estimate of drug-likeness (QED) is 0.625. The summed E-state index contributed by atoms with van der Waals surface area (Å²) in [6, 6.07) is 11.7. The fourth-order valence-electron chi connectivity index (χ4n) is 2.42. The summed E-state index contributed by atoms with van der Waals surface area (Å²) in [6.07, 6.45) is 1.58. The maximum atomic E-state index is 12.5. The Morgan fingerprint density at radius 3 is 2.68 bits per heavy atom. The number of carbonyl (C=O) groups excluding carboxylic acids is 1. The van der Waals surface area contributed by atoms with Gasteiger partial charge in [0.05, 0.1) is 17.1 Å². The van der Waals surface area contributed by atoms with Crippen LogP contribution in [0.15, 0.2) is 56.7 Å². The number of amides is 1. The Balaban J connectivity index is 1.62. The lowest BCUT2D eigenvalue weighted by Crippen LogP contribution is -2.32. The molecule has 0 N–H and O–H groups in total. The smallest absolute Gasteiger partial charge is 0.277 e. The van der Waals surface area contributed by atoms with Crippen molar-refractivity contribution in [2.75, 3.05) is 7.05 Å². The van der Waals surface area contributed by atoms with Gasteiger partial charge in [0.25, 0.3) is 11.1 Å². The molecule has 2 aromatic heterocycles. The van der Waals surface area contributed by atoms with Crippen molar-refractivity contribution >= 4 is 17.7 Å². The van der Waals surface area contributed by atoms with Crippen molar-refractivity contribution in [3.8, 4) is 11.5 Å². The zero-order valence-corrected chi connectivity index (χ0v) is 15.1. The lowest BCUT2D eigenvalue weighted by Gasteiger charge is -2.20. The maximum Gasteiger partial charge on any atom is 0.277 e. The predicted molar refractivity (Wildman–Crippen MR) is 95.0 cm³/mol. The first-order chi connectivity index (χ1) is 12.0. The molecule has 3 aromatic rings. The third-order valence-electron chi connectivity index (χ3n) is 3.76. The van der Waals surface area contributed by atoms with Gasteiger partial charge in [-0.15, -0.1) is 10.2 Å². The molecule has 0 saturated heterocycles. The molecule has 1 amide bonds. The van der Waals surface area contributed by atoms with Crippen LogP contribution >= 0.6 is 11.8 Å². The van der Waals surface area contributed by atoms with Gasteiger partial charge in [0.1, 0.15) is 5.76 Å². The lowest BCUT2D eigenvalue weighted by molar-refractivity contribution is -0.129. The number of thioether (sulfide) groups is 1. The number of carbonyl (C=O) groups is 1. The molecule has 0 aliphatic carbocycles. The number of benzene rings is 1. The molecule has 2 heterocycles. The Hall–Kier alpha value is -2.54. The van der Waals surface area contributed by atoms with E-state index in [1.165, 1.54) is 11.8 Å². The summed E-state index contributed by atoms with van der Waals surface area (Å²) in [4.78, 5) is 14.2. The first-order valence-electron chi connectivity index (χ1n) is 7.88. The third kappa shape index (κ3) is 4.11. The molecule has 0 aliphatic rings. The minimum Gasteiger partial charge on any atom is -0.469 e. The fraction of sp³-hybridized carbons (Fsp3) is 0.278. The van der Waals surface area contributed by atoms with E-state index in [1.54, 1.807) is 24.3 Å². The number of furan rings is 1. The molecule has 0 aliphatic heterocycles. The highest BCUT2D eigenvalue weighted by atomic mass is 32.2. The van der Waals surface area contributed by atoms with Crippen molar-refractivity contribution in [3.05, 3.63) is 54.0 Å². The largest absolute Gasteiger partial charge is 0.469 e. The van der Waals surface area contributed by atoms with E-state index in [4.69, 9.17) is 8.83 Å². The molecule has 25 heavy (non-hydrogen) atoms. The van der Waals surface area contributed by atoms with Gasteiger partial charge in [-0.1, -0.05) is 42.1 Å². The highest BCUT2D eigenvalue weighted by Crippen LogP contribution is 2.28. The lowest BCUT2D eigenvalue weighted by atomic mass is 10.2. The van der Waals surface area contributed by atoms with Crippen LogP contribution in [-0.2, 0) is 11.3 Å². The molecule has 0 saturated carbocycles. The Labute approximate surface area is 150 Å². The van der Waals surface area contributed by atoms with Gasteiger partial charge in [-0.2, -0.15) is 0 Å². The summed E-state index contributed by atoms with van der Waals surface area (Å²) in [6.45, 7) is 4.23. The zero-order valence-electron chi connectivity index (χ0n) is 14.3. The minimum atomic E-state index is -0.326. The monoisotopic (exact) mass is 357 g/mol. The molecule has 0 bridgehead atoms. The summed E-state index contributed by atoms with van der Waals surface area (Å²) in [5, 5.41) is 8.07. The molecule has 0 fully saturated rings. The second-order valence-corrected chi connectivity index (χ2v) is 7.00. The van der Waals surface area contributed by atoms with E-state index in [-0.39, 0.29) is 11.2 Å². The number of aryl methyl sites for hydroxylation is 1. The first-order valence-corrected chi connectivity index (χ1v) is 8.76. The van der Waals surface area contributed by atoms with E-state index in [0.29, 0.717) is 23.4 Å². The summed E-state index contributed by atoms with van der Waals surface area (Å²) >= 11 is 1.25. The number of rotatable bonds is 6. The van der Waals surface area contributed by atoms with Gasteiger partial charge in [0.2, 0.25) is 5.91 Å². The van der Waals surface area contributed by atoms with Crippen LogP contribution in [0, 0.1) is 6.92 Å². The molecule has 0 unspecified atom stereocenters. The SMILES string of the molecule is Cc1occc1-c1nnc(S[C@@H](C)C(=O)N(C)Cc2ccccc2)o1. The first kappa shape index (κ1) is 17.3. The maximum absolute atomic E-state index is 12.5. The van der Waals surface area contributed by atoms with E-state index in [0.717, 1.165) is 11.1 Å². The highest BCUT2D eigenvalue weighted by Gasteiger charge is 2.22. The van der Waals surface area contributed by atoms with Crippen molar-refractivity contribution in [3.63, 3.8) is 0 Å². The van der Waals surface area contributed by atoms with E-state index in [2.05, 4.69) is 10.2 Å². The Kier molecular flexibility index (Phi) is 5.23. The molecule has 1 atom stereocenters. The summed E-state index contributed by atoms with van der Waals surface area (Å²) in [7, 11) is 1.79. The van der Waals surface area contributed by atoms with Gasteiger partial charge in [0.15, 0.2) is 0 Å². The van der Waals surface area contributed by atoms with Crippen molar-refractivity contribution < 1.29 is 13.6 Å². The van der Waals surface area contributed by atoms with E-state index >= 15 is 0 Å². The van der Waals surface area contributed by atoms with E-state index < -0.39 is 0 Å². The van der Waals surface area contributed by atoms with Gasteiger partial charge < -0.3 is 13.7 Å². The van der Waals surface area contributed by atoms with Crippen LogP contribution in [0.4, 0.5) is 0 Å². The van der Waals surface area contributed by atoms with Crippen molar-refractivity contribution in [1.29, 1.82) is 0 Å². The van der Waals surface area contributed by atoms with Crippen LogP contribution < -0.4 is 0 Å². The topological polar surface area (TPSA) is 72.4 Å². The average Bonchev–Trinajstić information content (AvgIpc) is 3.23. The van der Waals surface area contributed by atoms with Gasteiger partial charge in [0, 0.05) is 13.6 Å². The van der Waals surface area contributed by atoms with Crippen LogP contribution in [0.1, 0.15) is 18.2 Å². The molecule has 130 valence electrons. The summed E-state index contributed by atoms with van der Waals surface area (Å²) in [5.74, 6) is 1.12. The molecule has 6 nitrogen and oxygen atoms in total. The molecule has 0 spiro atoms. The highest BCUT2D eigenvalue weighted by molar-refractivity contribution is 8.00. The van der Waals surface area contributed by atoms with Crippen LogP contribution in [0.5, 0.6) is 0 Å². The third-order valence-corrected chi connectivity index (χ3v) is 4.68. The molecule has 7 heteroatoms. The summed E-state index contributed by atoms with van der Waals surface area (Å²) < 4.78 is 10.9. The Morgan fingerprint density at radius 1 is 1.24 bits per heavy atom. The van der Waals surface area contributed by atoms with Gasteiger partial charge in [-0.3, -0.25) is 4.79 Å². The molecular formula is C18H19N3O3S. The fourth-order valence-corrected chi connectivity index (χ4v) is 3.22. The van der Waals surface area contributed by atoms with Gasteiger partial charge >= 0.3 is 0 Å². The summed E-state index contributed by atoms with van der Waals surface area (Å²) in [5.41, 5.74) is 1.85. The minimum absolute atomic E-state index is 0.00750. The zero-order chi connectivity index (χ0) is 17.8. The van der Waals surface area contributed by atoms with Crippen LogP contribution in [0.2, 0.25) is 0 Å². The number of hydrogen-bond acceptors (Lipinski definition) is 6. The Morgan fingerprint density at radius 2 is 2.00 bits per heavy atom. The van der Waals surface area contributed by atoms with Crippen LogP contribution in [0.25, 0.3) is 11.5 Å². The number of aromatic nitrogens is 2. The average molecular weight is 357 g/mol. The Bertz CT molecular complexity index is 844. The molecule has 3 rings (SSSR count). The van der Waals surface area contributed by atoms with Crippen molar-refractivity contribution in [2.24, 2.45) is 0 Å². The standard InChI is InChI=1S/C18H19N3O3S/c1-12-15(9-10-23-12)16-19-20-18(24-16)25-13(2)17(22)21(3)11-14-7-5-4-6-8-14/h4-10,13H,11H2,1-3H3/t13-/m0/s1. The molecular weight excluding hydrogens is 338 g/mol. The second-order valence-electron chi connectivity index (χ2n) is 5.70. The van der Waals surface area contributed by atoms with E-state index in [1.807, 2.05) is 44.2 Å². The van der Waals surface area contributed by atoms with E-state index in [9.17, 15) is 4.79 Å². The number of nitrogens with zero attached hydrogens (tertiary/aromatic N) is 3. The van der Waals surface area contributed by atoms with Crippen LogP contribution in [-0.4, -0.2) is 33.3 Å². The number of hydrogen-bond donors (Lipinski definition) is 0. The second kappa shape index (κ2) is 7.57. The molecule has 1 aromatic carbocycles. The van der Waals surface area contributed by atoms with Gasteiger partial charge in [-0.25, -0.2) is 0 Å². The van der Waals surface area contributed by atoms with Crippen LogP contribution in [0.3, 0.4) is 0 Å². The van der Waals surface area contributed by atoms with Gasteiger partial charge in [-0.05, 0) is 25.5 Å². The van der Waals surface area contributed by atoms with Crippen molar-refractivity contribution in [1.82, 2.24) is 15.1 Å². The molecule has 0 radical (unpaired) electrons. The predicted octanol–water partition coefficient (Wildman–Crippen LogP) is 3.78. The van der Waals surface area contributed by atoms with Crippen molar-refractivity contribution in [2.45, 2.75) is 30.9 Å². The normalized spacial score (nSPS) is 12.1.